The van der Waals surface area contributed by atoms with Gasteiger partial charge in [-0.1, -0.05) is 10.5 Å². The van der Waals surface area contributed by atoms with Crippen molar-refractivity contribution in [1.29, 1.82) is 0 Å². The molecule has 0 aromatic heterocycles. The second kappa shape index (κ2) is 9.63. The number of nitrogens with zero attached hydrogens (tertiary/aromatic N) is 2. The van der Waals surface area contributed by atoms with Gasteiger partial charge in [0, 0.05) is 26.2 Å². The van der Waals surface area contributed by atoms with Gasteiger partial charge in [-0.3, -0.25) is 4.90 Å². The first-order valence-corrected chi connectivity index (χ1v) is 14.8. The number of ether oxygens (including phenoxy) is 2. The molecule has 3 aliphatic rings. The number of epoxide rings is 1. The molecule has 2 unspecified atom stereocenters. The Balaban J connectivity index is 1.86. The monoisotopic (exact) mass is 619 g/mol. The lowest BCUT2D eigenvalue weighted by atomic mass is 10.2. The van der Waals surface area contributed by atoms with Gasteiger partial charge in [0.25, 0.3) is 30.1 Å². The van der Waals surface area contributed by atoms with Gasteiger partial charge in [0.15, 0.2) is 6.10 Å². The summed E-state index contributed by atoms with van der Waals surface area (Å²) in [5.74, 6) is -7.31. The first kappa shape index (κ1) is 30.6. The number of piperidine rings is 1. The van der Waals surface area contributed by atoms with E-state index in [0.29, 0.717) is 6.42 Å². The average Bonchev–Trinajstić information content (AvgIpc) is 3.61. The van der Waals surface area contributed by atoms with Gasteiger partial charge in [-0.15, -0.1) is 0 Å². The van der Waals surface area contributed by atoms with Crippen molar-refractivity contribution < 1.29 is 69.9 Å². The van der Waals surface area contributed by atoms with E-state index in [9.17, 15) is 60.4 Å². The molecule has 0 aliphatic carbocycles. The van der Waals surface area contributed by atoms with Gasteiger partial charge >= 0.3 is 21.7 Å². The quantitative estimate of drug-likeness (QED) is 0.274. The highest BCUT2D eigenvalue weighted by Gasteiger charge is 2.83. The lowest BCUT2D eigenvalue weighted by Crippen LogP contribution is -2.66. The van der Waals surface area contributed by atoms with Crippen molar-refractivity contribution in [3.05, 3.63) is 0 Å². The fraction of sp³-hybridized carbons (Fsp3) is 1.00. The van der Waals surface area contributed by atoms with Crippen LogP contribution >= 0.6 is 0 Å². The minimum atomic E-state index is -7.63. The molecule has 3 saturated heterocycles. The van der Waals surface area contributed by atoms with Crippen LogP contribution in [0.1, 0.15) is 19.3 Å². The number of nitrogens with one attached hydrogen (secondary N) is 1. The summed E-state index contributed by atoms with van der Waals surface area (Å²) in [6.45, 7) is -1.56. The molecular formula is C15H21F8N3O8S3. The molecule has 0 radical (unpaired) electrons. The molecule has 1 N–H and O–H groups in total. The first-order valence-electron chi connectivity index (χ1n) is 10.4. The number of morpholine rings is 1. The van der Waals surface area contributed by atoms with Crippen LogP contribution in [-0.4, -0.2) is 108 Å². The lowest BCUT2D eigenvalue weighted by Gasteiger charge is -2.35. The van der Waals surface area contributed by atoms with Gasteiger partial charge < -0.3 is 9.47 Å². The molecule has 0 aromatic rings. The zero-order chi connectivity index (χ0) is 28.3. The van der Waals surface area contributed by atoms with Crippen LogP contribution in [0.25, 0.3) is 0 Å². The van der Waals surface area contributed by atoms with Crippen molar-refractivity contribution in [2.24, 2.45) is 0 Å². The van der Waals surface area contributed by atoms with Crippen LogP contribution in [0.2, 0.25) is 0 Å². The van der Waals surface area contributed by atoms with Gasteiger partial charge in [0.05, 0.1) is 13.2 Å². The summed E-state index contributed by atoms with van der Waals surface area (Å²) < 4.78 is 196. The SMILES string of the molecule is O=S(=O)(NS(=O)(=O)C(F)(F)C(F)(F)C(F)(F)S(=O)(=O)N1CCCCC1)C(F)(F)C1OC1N1CCOCC1. The Hall–Kier alpha value is -0.910. The van der Waals surface area contributed by atoms with Gasteiger partial charge in [-0.05, 0) is 12.8 Å². The van der Waals surface area contributed by atoms with Crippen LogP contribution in [0.5, 0.6) is 0 Å². The van der Waals surface area contributed by atoms with E-state index < -0.39 is 77.2 Å². The van der Waals surface area contributed by atoms with E-state index in [0.717, 1.165) is 4.90 Å². The molecule has 22 heteroatoms. The van der Waals surface area contributed by atoms with Crippen molar-refractivity contribution in [1.82, 2.24) is 13.3 Å². The van der Waals surface area contributed by atoms with Gasteiger partial charge in [-0.25, -0.2) is 25.3 Å². The third kappa shape index (κ3) is 4.95. The first-order chi connectivity index (χ1) is 16.7. The molecule has 0 spiro atoms. The summed E-state index contributed by atoms with van der Waals surface area (Å²) in [5.41, 5.74) is 0. The van der Waals surface area contributed by atoms with Crippen LogP contribution in [0, 0.1) is 0 Å². The van der Waals surface area contributed by atoms with E-state index in [-0.39, 0.29) is 47.6 Å². The smallest absolute Gasteiger partial charge is 0.379 e. The highest BCUT2D eigenvalue weighted by Crippen LogP contribution is 2.52. The van der Waals surface area contributed by atoms with E-state index in [1.165, 1.54) is 0 Å². The van der Waals surface area contributed by atoms with Crippen LogP contribution < -0.4 is 4.13 Å². The number of alkyl halides is 8. The van der Waals surface area contributed by atoms with Gasteiger partial charge in [-0.2, -0.15) is 39.4 Å². The van der Waals surface area contributed by atoms with Crippen LogP contribution in [0.4, 0.5) is 35.1 Å². The van der Waals surface area contributed by atoms with Crippen molar-refractivity contribution >= 4 is 30.1 Å². The Morgan fingerprint density at radius 3 is 1.73 bits per heavy atom. The molecule has 3 aliphatic heterocycles. The number of sulfonamides is 3. The maximum atomic E-state index is 14.5. The largest absolute Gasteiger partial charge is 0.429 e. The normalized spacial score (nSPS) is 26.3. The minimum absolute atomic E-state index is 0.0212. The molecule has 0 aromatic carbocycles. The van der Waals surface area contributed by atoms with Crippen LogP contribution in [0.15, 0.2) is 0 Å². The Kier molecular flexibility index (Phi) is 7.97. The maximum Gasteiger partial charge on any atom is 0.429 e. The third-order valence-electron chi connectivity index (χ3n) is 5.83. The summed E-state index contributed by atoms with van der Waals surface area (Å²) in [4.78, 5) is 1.14. The number of hydrogen-bond donors (Lipinski definition) is 1. The summed E-state index contributed by atoms with van der Waals surface area (Å²) in [6, 6.07) is 0. The molecule has 0 amide bonds. The predicted molar refractivity (Wildman–Crippen MR) is 106 cm³/mol. The molecule has 0 bridgehead atoms. The Bertz CT molecular complexity index is 1190. The maximum absolute atomic E-state index is 14.5. The van der Waals surface area contributed by atoms with Crippen molar-refractivity contribution in [3.63, 3.8) is 0 Å². The van der Waals surface area contributed by atoms with E-state index in [2.05, 4.69) is 4.74 Å². The summed E-state index contributed by atoms with van der Waals surface area (Å²) >= 11 is 0. The molecule has 11 nitrogen and oxygen atoms in total. The van der Waals surface area contributed by atoms with Crippen molar-refractivity contribution in [2.75, 3.05) is 39.4 Å². The van der Waals surface area contributed by atoms with Crippen molar-refractivity contribution in [3.8, 4) is 0 Å². The lowest BCUT2D eigenvalue weighted by molar-refractivity contribution is -0.245. The summed E-state index contributed by atoms with van der Waals surface area (Å²) in [7, 11) is -21.1. The summed E-state index contributed by atoms with van der Waals surface area (Å²) in [6.07, 6.45) is -4.17. The second-order valence-electron chi connectivity index (χ2n) is 8.32. The Labute approximate surface area is 206 Å². The molecule has 3 rings (SSSR count). The number of rotatable bonds is 10. The topological polar surface area (TPSA) is 143 Å². The van der Waals surface area contributed by atoms with E-state index in [1.54, 1.807) is 0 Å². The van der Waals surface area contributed by atoms with Gasteiger partial charge in [0.2, 0.25) is 0 Å². The zero-order valence-corrected chi connectivity index (χ0v) is 20.9. The van der Waals surface area contributed by atoms with Crippen molar-refractivity contribution in [2.45, 2.75) is 53.3 Å². The standard InChI is InChI=1S/C15H21F8N3O8S3/c16-12(17,10-11(34-10)25-6-8-33-9-7-25)35(27,28)24-36(29,30)14(20,21)13(18,19)15(22,23)37(31,32)26-4-2-1-3-5-26/h10-11,24H,1-9H2. The molecular weight excluding hydrogens is 598 g/mol. The third-order valence-corrected chi connectivity index (χ3v) is 11.4. The van der Waals surface area contributed by atoms with E-state index >= 15 is 0 Å². The minimum Gasteiger partial charge on any atom is -0.379 e. The molecule has 2 atom stereocenters. The van der Waals surface area contributed by atoms with E-state index in [1.807, 2.05) is 0 Å². The average molecular weight is 620 g/mol. The van der Waals surface area contributed by atoms with E-state index in [4.69, 9.17) is 4.74 Å². The zero-order valence-electron chi connectivity index (χ0n) is 18.4. The highest BCUT2D eigenvalue weighted by molar-refractivity contribution is 8.05. The fourth-order valence-corrected chi connectivity index (χ4v) is 8.17. The summed E-state index contributed by atoms with van der Waals surface area (Å²) in [5, 5.41) is -19.3. The molecule has 37 heavy (non-hydrogen) atoms. The number of hydrogen-bond acceptors (Lipinski definition) is 9. The molecule has 3 heterocycles. The molecule has 3 fully saturated rings. The number of halogens is 8. The molecule has 0 saturated carbocycles. The fourth-order valence-electron chi connectivity index (χ4n) is 3.63. The van der Waals surface area contributed by atoms with Gasteiger partial charge in [0.1, 0.15) is 6.23 Å². The Morgan fingerprint density at radius 2 is 1.22 bits per heavy atom. The second-order valence-corrected chi connectivity index (χ2v) is 14.0. The van der Waals surface area contributed by atoms with Crippen LogP contribution in [0.3, 0.4) is 0 Å². The molecule has 218 valence electrons. The highest BCUT2D eigenvalue weighted by atomic mass is 32.3. The predicted octanol–water partition coefficient (Wildman–Crippen LogP) is 0.522. The Morgan fingerprint density at radius 1 is 0.703 bits per heavy atom. The van der Waals surface area contributed by atoms with Crippen LogP contribution in [-0.2, 0) is 39.5 Å².